The third-order valence-electron chi connectivity index (χ3n) is 4.85. The van der Waals surface area contributed by atoms with E-state index in [9.17, 15) is 14.9 Å². The van der Waals surface area contributed by atoms with Gasteiger partial charge < -0.3 is 5.32 Å². The summed E-state index contributed by atoms with van der Waals surface area (Å²) in [7, 11) is 0. The van der Waals surface area contributed by atoms with Crippen LogP contribution in [0.3, 0.4) is 0 Å². The van der Waals surface area contributed by atoms with Gasteiger partial charge in [0.15, 0.2) is 5.11 Å². The maximum Gasteiger partial charge on any atom is 0.269 e. The highest BCUT2D eigenvalue weighted by atomic mass is 32.1. The molecule has 1 fully saturated rings. The molecule has 136 valence electrons. The number of nitrogens with one attached hydrogen (secondary N) is 3. The summed E-state index contributed by atoms with van der Waals surface area (Å²) in [5.74, 6) is 0.929. The summed E-state index contributed by atoms with van der Waals surface area (Å²) in [6, 6.07) is 6.22. The lowest BCUT2D eigenvalue weighted by molar-refractivity contribution is -0.384. The average Bonchev–Trinajstić information content (AvgIpc) is 2.58. The largest absolute Gasteiger partial charge is 0.358 e. The number of hydrazine groups is 1. The standard InChI is InChI=1S/C17H24N4O3S/c1-11-4-3-5-15(12(11)2)18-17(25)20-19-16(22)10-13-6-8-14(9-7-13)21(23)24/h6-9,11-12,15H,3-5,10H2,1-2H3,(H,19,22)(H2,18,20,25)/t11-,12-,15+/m1/s1. The van der Waals surface area contributed by atoms with Gasteiger partial charge >= 0.3 is 0 Å². The number of hydrogen-bond donors (Lipinski definition) is 3. The Kier molecular flexibility index (Phi) is 6.69. The molecule has 1 amide bonds. The molecule has 1 saturated carbocycles. The second kappa shape index (κ2) is 8.75. The Morgan fingerprint density at radius 3 is 2.56 bits per heavy atom. The van der Waals surface area contributed by atoms with Gasteiger partial charge in [-0.15, -0.1) is 0 Å². The average molecular weight is 364 g/mol. The van der Waals surface area contributed by atoms with E-state index >= 15 is 0 Å². The van der Waals surface area contributed by atoms with E-state index in [1.807, 2.05) is 0 Å². The van der Waals surface area contributed by atoms with Crippen molar-refractivity contribution in [1.29, 1.82) is 0 Å². The van der Waals surface area contributed by atoms with Crippen LogP contribution in [0.4, 0.5) is 5.69 Å². The van der Waals surface area contributed by atoms with Crippen LogP contribution >= 0.6 is 12.2 Å². The van der Waals surface area contributed by atoms with Crippen LogP contribution in [-0.4, -0.2) is 22.0 Å². The van der Waals surface area contributed by atoms with Crippen molar-refractivity contribution >= 4 is 28.9 Å². The highest BCUT2D eigenvalue weighted by Gasteiger charge is 2.27. The number of hydrogen-bond acceptors (Lipinski definition) is 4. The third-order valence-corrected chi connectivity index (χ3v) is 5.07. The number of amides is 1. The van der Waals surface area contributed by atoms with Crippen molar-refractivity contribution in [2.45, 2.75) is 45.6 Å². The van der Waals surface area contributed by atoms with Gasteiger partial charge in [0.1, 0.15) is 0 Å². The van der Waals surface area contributed by atoms with Gasteiger partial charge in [-0.1, -0.05) is 38.8 Å². The normalized spacial score (nSPS) is 22.7. The first-order valence-electron chi connectivity index (χ1n) is 8.45. The van der Waals surface area contributed by atoms with Crippen LogP contribution in [0.15, 0.2) is 24.3 Å². The molecule has 25 heavy (non-hydrogen) atoms. The highest BCUT2D eigenvalue weighted by Crippen LogP contribution is 2.29. The minimum atomic E-state index is -0.470. The third kappa shape index (κ3) is 5.67. The lowest BCUT2D eigenvalue weighted by atomic mass is 9.78. The van der Waals surface area contributed by atoms with Gasteiger partial charge in [-0.2, -0.15) is 0 Å². The Labute approximate surface area is 152 Å². The molecule has 0 unspecified atom stereocenters. The van der Waals surface area contributed by atoms with Gasteiger partial charge in [0.25, 0.3) is 5.69 Å². The zero-order valence-corrected chi connectivity index (χ0v) is 15.3. The molecule has 0 bridgehead atoms. The number of rotatable bonds is 4. The summed E-state index contributed by atoms with van der Waals surface area (Å²) < 4.78 is 0. The van der Waals surface area contributed by atoms with Gasteiger partial charge in [-0.05, 0) is 36.0 Å². The van der Waals surface area contributed by atoms with E-state index in [1.165, 1.54) is 25.0 Å². The lowest BCUT2D eigenvalue weighted by Crippen LogP contribution is -2.52. The quantitative estimate of drug-likeness (QED) is 0.431. The number of nitrogens with zero attached hydrogens (tertiary/aromatic N) is 1. The van der Waals surface area contributed by atoms with Crippen LogP contribution in [0, 0.1) is 22.0 Å². The molecule has 0 radical (unpaired) electrons. The molecular weight excluding hydrogens is 340 g/mol. The molecule has 1 aliphatic rings. The van der Waals surface area contributed by atoms with Gasteiger partial charge in [-0.25, -0.2) is 0 Å². The van der Waals surface area contributed by atoms with E-state index in [4.69, 9.17) is 12.2 Å². The molecule has 8 heteroatoms. The van der Waals surface area contributed by atoms with Crippen molar-refractivity contribution in [2.75, 3.05) is 0 Å². The molecule has 0 aromatic heterocycles. The Hall–Kier alpha value is -2.22. The molecule has 0 saturated heterocycles. The monoisotopic (exact) mass is 364 g/mol. The van der Waals surface area contributed by atoms with Crippen LogP contribution < -0.4 is 16.2 Å². The lowest BCUT2D eigenvalue weighted by Gasteiger charge is -2.35. The smallest absolute Gasteiger partial charge is 0.269 e. The summed E-state index contributed by atoms with van der Waals surface area (Å²) in [5, 5.41) is 14.3. The van der Waals surface area contributed by atoms with Gasteiger partial charge in [0.2, 0.25) is 5.91 Å². The fraction of sp³-hybridized carbons (Fsp3) is 0.529. The Bertz CT molecular complexity index is 635. The van der Waals surface area contributed by atoms with Crippen molar-refractivity contribution in [3.8, 4) is 0 Å². The number of carbonyl (C=O) groups excluding carboxylic acids is 1. The SMILES string of the molecule is C[C@@H]1[C@H](C)CCC[C@@H]1NC(=S)NNC(=O)Cc1ccc([N+](=O)[O-])cc1. The molecular formula is C17H24N4O3S. The molecule has 0 spiro atoms. The number of nitro benzene ring substituents is 1. The topological polar surface area (TPSA) is 96.3 Å². The van der Waals surface area contributed by atoms with Gasteiger partial charge in [0.05, 0.1) is 11.3 Å². The number of thiocarbonyl (C=S) groups is 1. The van der Waals surface area contributed by atoms with Crippen molar-refractivity contribution in [3.05, 3.63) is 39.9 Å². The van der Waals surface area contributed by atoms with Crippen LogP contribution in [0.25, 0.3) is 0 Å². The maximum atomic E-state index is 11.9. The minimum absolute atomic E-state index is 0.00323. The highest BCUT2D eigenvalue weighted by molar-refractivity contribution is 7.80. The zero-order chi connectivity index (χ0) is 18.4. The van der Waals surface area contributed by atoms with Gasteiger partial charge in [0, 0.05) is 18.2 Å². The Morgan fingerprint density at radius 1 is 1.24 bits per heavy atom. The Morgan fingerprint density at radius 2 is 1.92 bits per heavy atom. The first-order chi connectivity index (χ1) is 11.9. The maximum absolute atomic E-state index is 11.9. The van der Waals surface area contributed by atoms with Crippen molar-refractivity contribution < 1.29 is 9.72 Å². The summed E-state index contributed by atoms with van der Waals surface area (Å²) >= 11 is 5.24. The summed E-state index contributed by atoms with van der Waals surface area (Å²) in [6.07, 6.45) is 3.61. The zero-order valence-electron chi connectivity index (χ0n) is 14.5. The number of non-ortho nitro benzene ring substituents is 1. The van der Waals surface area contributed by atoms with Crippen LogP contribution in [-0.2, 0) is 11.2 Å². The molecule has 1 aromatic rings. The summed E-state index contributed by atoms with van der Waals surface area (Å²) in [4.78, 5) is 22.1. The number of carbonyl (C=O) groups is 1. The van der Waals surface area contributed by atoms with Crippen LogP contribution in [0.1, 0.15) is 38.7 Å². The van der Waals surface area contributed by atoms with E-state index in [2.05, 4.69) is 30.0 Å². The predicted octanol–water partition coefficient (Wildman–Crippen LogP) is 2.46. The van der Waals surface area contributed by atoms with Crippen molar-refractivity contribution in [3.63, 3.8) is 0 Å². The molecule has 7 nitrogen and oxygen atoms in total. The minimum Gasteiger partial charge on any atom is -0.358 e. The van der Waals surface area contributed by atoms with E-state index < -0.39 is 4.92 Å². The van der Waals surface area contributed by atoms with Crippen LogP contribution in [0.2, 0.25) is 0 Å². The molecule has 1 aliphatic carbocycles. The van der Waals surface area contributed by atoms with Crippen molar-refractivity contribution in [2.24, 2.45) is 11.8 Å². The number of nitro groups is 1. The molecule has 1 aromatic carbocycles. The number of benzene rings is 1. The molecule has 0 aliphatic heterocycles. The van der Waals surface area contributed by atoms with Gasteiger partial charge in [-0.3, -0.25) is 25.8 Å². The Balaban J connectivity index is 1.75. The second-order valence-corrected chi connectivity index (χ2v) is 7.03. The van der Waals surface area contributed by atoms with Crippen LogP contribution in [0.5, 0.6) is 0 Å². The molecule has 0 heterocycles. The fourth-order valence-electron chi connectivity index (χ4n) is 3.08. The van der Waals surface area contributed by atoms with E-state index in [1.54, 1.807) is 12.1 Å². The van der Waals surface area contributed by atoms with E-state index in [-0.39, 0.29) is 18.0 Å². The molecule has 2 rings (SSSR count). The fourth-order valence-corrected chi connectivity index (χ4v) is 3.28. The molecule has 3 N–H and O–H groups in total. The van der Waals surface area contributed by atoms with E-state index in [0.29, 0.717) is 28.6 Å². The first kappa shape index (κ1) is 19.1. The molecule has 3 atom stereocenters. The first-order valence-corrected chi connectivity index (χ1v) is 8.86. The predicted molar refractivity (Wildman–Crippen MR) is 99.8 cm³/mol. The summed E-state index contributed by atoms with van der Waals surface area (Å²) in [5.41, 5.74) is 5.98. The second-order valence-electron chi connectivity index (χ2n) is 6.62. The summed E-state index contributed by atoms with van der Waals surface area (Å²) in [6.45, 7) is 4.47. The van der Waals surface area contributed by atoms with E-state index in [0.717, 1.165) is 6.42 Å². The van der Waals surface area contributed by atoms with Crippen molar-refractivity contribution in [1.82, 2.24) is 16.2 Å².